The number of pyridine rings is 1. The van der Waals surface area contributed by atoms with Crippen molar-refractivity contribution in [2.75, 3.05) is 5.32 Å². The van der Waals surface area contributed by atoms with Crippen LogP contribution in [-0.2, 0) is 6.54 Å². The molecule has 0 atom stereocenters. The number of anilines is 1. The summed E-state index contributed by atoms with van der Waals surface area (Å²) >= 11 is 0. The van der Waals surface area contributed by atoms with Crippen LogP contribution in [-0.4, -0.2) is 28.3 Å². The quantitative estimate of drug-likeness (QED) is 0.456. The van der Waals surface area contributed by atoms with E-state index in [2.05, 4.69) is 15.0 Å². The van der Waals surface area contributed by atoms with E-state index in [9.17, 15) is 22.4 Å². The third kappa shape index (κ3) is 6.44. The number of alkyl halides is 3. The van der Waals surface area contributed by atoms with Crippen LogP contribution in [0.25, 0.3) is 11.3 Å². The van der Waals surface area contributed by atoms with E-state index in [0.717, 1.165) is 29.5 Å². The number of halogens is 4. The fourth-order valence-electron chi connectivity index (χ4n) is 3.00. The lowest BCUT2D eigenvalue weighted by atomic mass is 10.1. The van der Waals surface area contributed by atoms with Crippen LogP contribution in [0.3, 0.4) is 0 Å². The smallest absolute Gasteiger partial charge is 0.406 e. The van der Waals surface area contributed by atoms with Crippen molar-refractivity contribution >= 4 is 11.7 Å². The summed E-state index contributed by atoms with van der Waals surface area (Å²) in [5.74, 6) is -0.798. The van der Waals surface area contributed by atoms with Gasteiger partial charge in [-0.3, -0.25) is 4.98 Å². The number of carbonyl (C=O) groups is 1. The summed E-state index contributed by atoms with van der Waals surface area (Å²) < 4.78 is 53.8. The number of nitrogens with one attached hydrogen (secondary N) is 1. The van der Waals surface area contributed by atoms with Gasteiger partial charge in [0.2, 0.25) is 0 Å². The number of rotatable bonds is 6. The molecule has 32 heavy (non-hydrogen) atoms. The predicted molar refractivity (Wildman–Crippen MR) is 112 cm³/mol. The molecule has 1 aromatic heterocycles. The predicted octanol–water partition coefficient (Wildman–Crippen LogP) is 6.23. The van der Waals surface area contributed by atoms with Crippen LogP contribution in [0.15, 0.2) is 66.9 Å². The Morgan fingerprint density at radius 2 is 1.81 bits per heavy atom. The molecule has 0 saturated heterocycles. The Morgan fingerprint density at radius 1 is 1.09 bits per heavy atom. The Hall–Kier alpha value is -3.62. The highest BCUT2D eigenvalue weighted by Gasteiger charge is 2.31. The van der Waals surface area contributed by atoms with E-state index in [0.29, 0.717) is 11.4 Å². The van der Waals surface area contributed by atoms with E-state index in [4.69, 9.17) is 0 Å². The van der Waals surface area contributed by atoms with Gasteiger partial charge in [-0.05, 0) is 61.9 Å². The number of benzene rings is 2. The second-order valence-electron chi connectivity index (χ2n) is 7.29. The topological polar surface area (TPSA) is 54.5 Å². The van der Waals surface area contributed by atoms with Crippen molar-refractivity contribution in [1.29, 1.82) is 0 Å². The number of nitrogens with zero attached hydrogens (tertiary/aromatic N) is 2. The van der Waals surface area contributed by atoms with E-state index in [1.54, 1.807) is 11.0 Å². The van der Waals surface area contributed by atoms with Crippen LogP contribution >= 0.6 is 0 Å². The molecule has 0 bridgehead atoms. The van der Waals surface area contributed by atoms with Crippen LogP contribution in [0, 0.1) is 5.82 Å². The van der Waals surface area contributed by atoms with Crippen LogP contribution in [0.2, 0.25) is 0 Å². The highest BCUT2D eigenvalue weighted by molar-refractivity contribution is 5.89. The van der Waals surface area contributed by atoms with Crippen molar-refractivity contribution in [2.24, 2.45) is 0 Å². The lowest BCUT2D eigenvalue weighted by Crippen LogP contribution is -2.39. The van der Waals surface area contributed by atoms with Gasteiger partial charge in [0, 0.05) is 23.8 Å². The molecule has 0 aliphatic rings. The van der Waals surface area contributed by atoms with Gasteiger partial charge in [0.05, 0.1) is 11.9 Å². The number of hydrogen-bond donors (Lipinski definition) is 1. The van der Waals surface area contributed by atoms with Crippen molar-refractivity contribution in [3.63, 3.8) is 0 Å². The zero-order valence-electron chi connectivity index (χ0n) is 17.4. The fraction of sp³-hybridized carbons (Fsp3) is 0.217. The molecule has 1 N–H and O–H groups in total. The van der Waals surface area contributed by atoms with Crippen molar-refractivity contribution < 1.29 is 27.1 Å². The molecule has 0 fully saturated rings. The van der Waals surface area contributed by atoms with Crippen molar-refractivity contribution in [3.05, 3.63) is 78.2 Å². The van der Waals surface area contributed by atoms with Crippen molar-refractivity contribution in [2.45, 2.75) is 32.8 Å². The molecule has 5 nitrogen and oxygen atoms in total. The van der Waals surface area contributed by atoms with Gasteiger partial charge < -0.3 is 15.0 Å². The molecule has 0 aliphatic heterocycles. The number of hydrogen-bond acceptors (Lipinski definition) is 3. The molecule has 0 aliphatic carbocycles. The zero-order valence-corrected chi connectivity index (χ0v) is 17.4. The third-order valence-corrected chi connectivity index (χ3v) is 4.53. The maximum absolute atomic E-state index is 13.1. The Morgan fingerprint density at radius 3 is 2.41 bits per heavy atom. The molecular weight excluding hydrogens is 426 g/mol. The SMILES string of the molecule is CC(C)N(Cc1cccc(-c2ccc(F)cn2)c1)C(=O)Nc1ccc(OC(F)(F)F)cc1. The molecule has 9 heteroatoms. The number of urea groups is 1. The summed E-state index contributed by atoms with van der Waals surface area (Å²) in [4.78, 5) is 18.5. The van der Waals surface area contributed by atoms with Gasteiger partial charge >= 0.3 is 12.4 Å². The second-order valence-corrected chi connectivity index (χ2v) is 7.29. The molecule has 0 saturated carbocycles. The van der Waals surface area contributed by atoms with Gasteiger partial charge in [-0.2, -0.15) is 0 Å². The van der Waals surface area contributed by atoms with Gasteiger partial charge in [-0.25, -0.2) is 9.18 Å². The van der Waals surface area contributed by atoms with E-state index in [1.807, 2.05) is 38.1 Å². The maximum atomic E-state index is 13.1. The number of aromatic nitrogens is 1. The number of ether oxygens (including phenoxy) is 1. The van der Waals surface area contributed by atoms with E-state index in [1.165, 1.54) is 18.2 Å². The van der Waals surface area contributed by atoms with Gasteiger partial charge in [-0.15, -0.1) is 13.2 Å². The van der Waals surface area contributed by atoms with Gasteiger partial charge in [-0.1, -0.05) is 18.2 Å². The Balaban J connectivity index is 1.71. The van der Waals surface area contributed by atoms with Gasteiger partial charge in [0.25, 0.3) is 0 Å². The molecule has 2 aromatic carbocycles. The Bertz CT molecular complexity index is 1050. The van der Waals surface area contributed by atoms with Crippen LogP contribution < -0.4 is 10.1 Å². The molecule has 2 amide bonds. The highest BCUT2D eigenvalue weighted by Crippen LogP contribution is 2.25. The summed E-state index contributed by atoms with van der Waals surface area (Å²) in [6.07, 6.45) is -3.64. The average Bonchev–Trinajstić information content (AvgIpc) is 2.73. The molecule has 0 unspecified atom stereocenters. The van der Waals surface area contributed by atoms with Crippen LogP contribution in [0.4, 0.5) is 28.0 Å². The summed E-state index contributed by atoms with van der Waals surface area (Å²) in [5.41, 5.74) is 2.56. The molecule has 0 radical (unpaired) electrons. The van der Waals surface area contributed by atoms with E-state index < -0.39 is 18.2 Å². The summed E-state index contributed by atoms with van der Waals surface area (Å²) in [6.45, 7) is 3.99. The van der Waals surface area contributed by atoms with Gasteiger partial charge in [0.1, 0.15) is 11.6 Å². The monoisotopic (exact) mass is 447 g/mol. The van der Waals surface area contributed by atoms with Crippen LogP contribution in [0.1, 0.15) is 19.4 Å². The van der Waals surface area contributed by atoms with Crippen LogP contribution in [0.5, 0.6) is 5.75 Å². The third-order valence-electron chi connectivity index (χ3n) is 4.53. The zero-order chi connectivity index (χ0) is 23.3. The lowest BCUT2D eigenvalue weighted by Gasteiger charge is -2.27. The first-order valence-electron chi connectivity index (χ1n) is 9.75. The minimum absolute atomic E-state index is 0.157. The average molecular weight is 447 g/mol. The summed E-state index contributed by atoms with van der Waals surface area (Å²) in [6, 6.07) is 14.7. The summed E-state index contributed by atoms with van der Waals surface area (Å²) in [7, 11) is 0. The molecule has 1 heterocycles. The fourth-order valence-corrected chi connectivity index (χ4v) is 3.00. The summed E-state index contributed by atoms with van der Waals surface area (Å²) in [5, 5.41) is 2.68. The molecule has 168 valence electrons. The second kappa shape index (κ2) is 9.67. The first-order chi connectivity index (χ1) is 15.1. The van der Waals surface area contributed by atoms with Crippen molar-refractivity contribution in [1.82, 2.24) is 9.88 Å². The molecule has 0 spiro atoms. The lowest BCUT2D eigenvalue weighted by molar-refractivity contribution is -0.274. The standard InChI is InChI=1S/C23H21F4N3O2/c1-15(2)30(22(31)29-19-7-9-20(10-8-19)32-23(25,26)27)14-16-4-3-5-17(12-16)21-11-6-18(24)13-28-21/h3-13,15H,14H2,1-2H3,(H,29,31). The first kappa shape index (κ1) is 23.1. The van der Waals surface area contributed by atoms with E-state index in [-0.39, 0.29) is 18.3 Å². The number of carbonyl (C=O) groups excluding carboxylic acids is 1. The Labute approximate surface area is 182 Å². The molecule has 3 rings (SSSR count). The maximum Gasteiger partial charge on any atom is 0.573 e. The number of amides is 2. The normalized spacial score (nSPS) is 11.3. The van der Waals surface area contributed by atoms with Gasteiger partial charge in [0.15, 0.2) is 0 Å². The van der Waals surface area contributed by atoms with Crippen molar-refractivity contribution in [3.8, 4) is 17.0 Å². The minimum atomic E-state index is -4.78. The highest BCUT2D eigenvalue weighted by atomic mass is 19.4. The first-order valence-corrected chi connectivity index (χ1v) is 9.75. The largest absolute Gasteiger partial charge is 0.573 e. The molecule has 3 aromatic rings. The molecular formula is C23H21F4N3O2. The Kier molecular flexibility index (Phi) is 6.97. The van der Waals surface area contributed by atoms with E-state index >= 15 is 0 Å². The minimum Gasteiger partial charge on any atom is -0.406 e.